The molecule has 0 radical (unpaired) electrons. The maximum absolute atomic E-state index is 13.0. The van der Waals surface area contributed by atoms with Crippen molar-refractivity contribution in [2.24, 2.45) is 12.0 Å². The molecule has 2 rings (SSSR count). The van der Waals surface area contributed by atoms with E-state index in [0.29, 0.717) is 12.1 Å². The normalized spacial score (nSPS) is 11.6. The Hall–Kier alpha value is -3.68. The fraction of sp³-hybridized carbons (Fsp3) is 0.188. The van der Waals surface area contributed by atoms with Crippen LogP contribution in [-0.4, -0.2) is 20.8 Å². The lowest BCUT2D eigenvalue weighted by atomic mass is 10.1. The zero-order valence-electron chi connectivity index (χ0n) is 13.9. The molecule has 1 heterocycles. The molecule has 0 aliphatic carbocycles. The first-order valence-electron chi connectivity index (χ1n) is 7.21. The molecule has 140 valence electrons. The summed E-state index contributed by atoms with van der Waals surface area (Å²) in [5.41, 5.74) is -3.79. The summed E-state index contributed by atoms with van der Waals surface area (Å²) in [4.78, 5) is 25.3. The third-order valence-electron chi connectivity index (χ3n) is 3.79. The highest BCUT2D eigenvalue weighted by molar-refractivity contribution is 5.87. The van der Waals surface area contributed by atoms with Gasteiger partial charge in [-0.3, -0.25) is 24.5 Å². The average Bonchev–Trinajstić information content (AvgIpc) is 2.59. The van der Waals surface area contributed by atoms with Crippen molar-refractivity contribution in [3.8, 4) is 11.9 Å². The number of aromatic nitrogens is 1. The van der Waals surface area contributed by atoms with Crippen LogP contribution in [0.5, 0.6) is 5.88 Å². The summed E-state index contributed by atoms with van der Waals surface area (Å²) >= 11 is 0. The predicted molar refractivity (Wildman–Crippen MR) is 88.2 cm³/mol. The maximum Gasteiger partial charge on any atom is 0.423 e. The minimum Gasteiger partial charge on any atom is -0.494 e. The molecule has 1 aromatic heterocycles. The summed E-state index contributed by atoms with van der Waals surface area (Å²) in [5, 5.41) is 29.9. The van der Waals surface area contributed by atoms with E-state index in [1.165, 1.54) is 14.0 Å². The van der Waals surface area contributed by atoms with Gasteiger partial charge in [0.1, 0.15) is 17.2 Å². The zero-order chi connectivity index (χ0) is 20.5. The van der Waals surface area contributed by atoms with Gasteiger partial charge in [0.15, 0.2) is 0 Å². The number of nitriles is 1. The summed E-state index contributed by atoms with van der Waals surface area (Å²) in [5.74, 6) is -0.529. The average molecular weight is 380 g/mol. The van der Waals surface area contributed by atoms with Gasteiger partial charge in [-0.25, -0.2) is 0 Å². The highest BCUT2D eigenvalue weighted by atomic mass is 19.4. The fourth-order valence-electron chi connectivity index (χ4n) is 2.32. The van der Waals surface area contributed by atoms with Gasteiger partial charge in [0, 0.05) is 19.3 Å². The molecule has 0 fully saturated rings. The molecule has 8 nitrogen and oxygen atoms in total. The molecule has 0 spiro atoms. The minimum atomic E-state index is -4.96. The van der Waals surface area contributed by atoms with Crippen LogP contribution in [0, 0.1) is 28.4 Å². The maximum atomic E-state index is 13.0. The molecule has 0 amide bonds. The van der Waals surface area contributed by atoms with Gasteiger partial charge in [0.05, 0.1) is 16.2 Å². The van der Waals surface area contributed by atoms with E-state index < -0.39 is 33.8 Å². The van der Waals surface area contributed by atoms with Crippen molar-refractivity contribution in [3.63, 3.8) is 0 Å². The largest absolute Gasteiger partial charge is 0.494 e. The van der Waals surface area contributed by atoms with Gasteiger partial charge < -0.3 is 5.11 Å². The molecule has 27 heavy (non-hydrogen) atoms. The molecule has 0 saturated heterocycles. The number of benzene rings is 1. The van der Waals surface area contributed by atoms with E-state index in [1.807, 2.05) is 0 Å². The number of halogens is 3. The second kappa shape index (κ2) is 6.91. The lowest BCUT2D eigenvalue weighted by molar-refractivity contribution is -0.388. The quantitative estimate of drug-likeness (QED) is 0.498. The highest BCUT2D eigenvalue weighted by Crippen LogP contribution is 2.38. The van der Waals surface area contributed by atoms with E-state index in [4.69, 9.17) is 5.26 Å². The Morgan fingerprint density at radius 1 is 1.41 bits per heavy atom. The van der Waals surface area contributed by atoms with E-state index in [9.17, 15) is 33.2 Å². The van der Waals surface area contributed by atoms with Gasteiger partial charge in [0.2, 0.25) is 5.88 Å². The van der Waals surface area contributed by atoms with Crippen molar-refractivity contribution in [2.75, 3.05) is 0 Å². The van der Waals surface area contributed by atoms with Crippen molar-refractivity contribution in [1.82, 2.24) is 4.57 Å². The molecule has 1 aromatic carbocycles. The van der Waals surface area contributed by atoms with Crippen molar-refractivity contribution < 1.29 is 23.2 Å². The number of aliphatic imine (C=N–C) groups is 1. The summed E-state index contributed by atoms with van der Waals surface area (Å²) in [6, 6.07) is 3.86. The van der Waals surface area contributed by atoms with Crippen molar-refractivity contribution in [3.05, 3.63) is 60.9 Å². The summed E-state index contributed by atoms with van der Waals surface area (Å²) in [6.07, 6.45) is -3.98. The van der Waals surface area contributed by atoms with Gasteiger partial charge in [-0.15, -0.1) is 0 Å². The molecule has 1 N–H and O–H groups in total. The molecule has 0 bridgehead atoms. The smallest absolute Gasteiger partial charge is 0.423 e. The minimum absolute atomic E-state index is 0.0411. The number of nitro groups is 1. The Morgan fingerprint density at radius 3 is 2.56 bits per heavy atom. The van der Waals surface area contributed by atoms with E-state index in [-0.39, 0.29) is 22.4 Å². The molecule has 0 aliphatic heterocycles. The first-order valence-corrected chi connectivity index (χ1v) is 7.21. The van der Waals surface area contributed by atoms with Crippen LogP contribution >= 0.6 is 0 Å². The molecule has 0 atom stereocenters. The fourth-order valence-corrected chi connectivity index (χ4v) is 2.32. The molecule has 0 unspecified atom stereocenters. The number of hydrogen-bond donors (Lipinski definition) is 1. The van der Waals surface area contributed by atoms with Crippen LogP contribution in [-0.2, 0) is 13.2 Å². The van der Waals surface area contributed by atoms with Crippen LogP contribution in [0.2, 0.25) is 0 Å². The number of hydrogen-bond acceptors (Lipinski definition) is 6. The van der Waals surface area contributed by atoms with Crippen LogP contribution < -0.4 is 5.56 Å². The first-order chi connectivity index (χ1) is 12.5. The van der Waals surface area contributed by atoms with Crippen molar-refractivity contribution in [1.29, 1.82) is 5.26 Å². The van der Waals surface area contributed by atoms with Gasteiger partial charge in [-0.05, 0) is 24.6 Å². The van der Waals surface area contributed by atoms with Crippen LogP contribution in [0.15, 0.2) is 28.0 Å². The van der Waals surface area contributed by atoms with Crippen molar-refractivity contribution >= 4 is 17.6 Å². The summed E-state index contributed by atoms with van der Waals surface area (Å²) < 4.78 is 39.8. The SMILES string of the molecule is Cc1c(C=Nc2ccc([N+](=O)[O-])c(C(F)(F)F)c2)c(O)n(C)c(=O)c1C#N. The third kappa shape index (κ3) is 3.64. The molecule has 2 aromatic rings. The van der Waals surface area contributed by atoms with E-state index in [1.54, 1.807) is 6.07 Å². The van der Waals surface area contributed by atoms with Crippen LogP contribution in [0.4, 0.5) is 24.5 Å². The molecule has 0 saturated carbocycles. The topological polar surface area (TPSA) is 122 Å². The zero-order valence-corrected chi connectivity index (χ0v) is 13.9. The Morgan fingerprint density at radius 2 is 2.04 bits per heavy atom. The molecule has 0 aliphatic rings. The Kier molecular flexibility index (Phi) is 5.03. The van der Waals surface area contributed by atoms with Gasteiger partial charge in [0.25, 0.3) is 11.2 Å². The summed E-state index contributed by atoms with van der Waals surface area (Å²) in [6.45, 7) is 1.37. The lowest BCUT2D eigenvalue weighted by Crippen LogP contribution is -2.22. The van der Waals surface area contributed by atoms with Crippen molar-refractivity contribution in [2.45, 2.75) is 13.1 Å². The predicted octanol–water partition coefficient (Wildman–Crippen LogP) is 2.95. The number of alkyl halides is 3. The van der Waals surface area contributed by atoms with Gasteiger partial charge in [-0.2, -0.15) is 18.4 Å². The molecule has 11 heteroatoms. The number of nitrogens with zero attached hydrogens (tertiary/aromatic N) is 4. The number of rotatable bonds is 3. The number of nitro benzene ring substituents is 1. The van der Waals surface area contributed by atoms with Crippen LogP contribution in [0.1, 0.15) is 22.3 Å². The van der Waals surface area contributed by atoms with E-state index in [2.05, 4.69) is 4.99 Å². The Labute approximate surface area is 149 Å². The molecular formula is C16H11F3N4O4. The van der Waals surface area contributed by atoms with E-state index in [0.717, 1.165) is 16.8 Å². The monoisotopic (exact) mass is 380 g/mol. The number of aromatic hydroxyl groups is 1. The first kappa shape index (κ1) is 19.6. The second-order valence-corrected chi connectivity index (χ2v) is 5.43. The Bertz CT molecular complexity index is 1070. The van der Waals surface area contributed by atoms with Gasteiger partial charge >= 0.3 is 6.18 Å². The third-order valence-corrected chi connectivity index (χ3v) is 3.79. The standard InChI is InChI=1S/C16H11F3N4O4/c1-8-10(6-20)14(24)22(2)15(25)11(8)7-21-9-3-4-13(23(26)27)12(5-9)16(17,18)19/h3-5,7,25H,1-2H3. The van der Waals surface area contributed by atoms with E-state index >= 15 is 0 Å². The Balaban J connectivity index is 2.61. The molecular weight excluding hydrogens is 369 g/mol. The highest BCUT2D eigenvalue weighted by Gasteiger charge is 2.38. The second-order valence-electron chi connectivity index (χ2n) is 5.43. The number of pyridine rings is 1. The van der Waals surface area contributed by atoms with Gasteiger partial charge in [-0.1, -0.05) is 0 Å². The summed E-state index contributed by atoms with van der Waals surface area (Å²) in [7, 11) is 1.21. The lowest BCUT2D eigenvalue weighted by Gasteiger charge is -2.10. The van der Waals surface area contributed by atoms with Crippen LogP contribution in [0.25, 0.3) is 0 Å². The van der Waals surface area contributed by atoms with Crippen LogP contribution in [0.3, 0.4) is 0 Å².